The van der Waals surface area contributed by atoms with Crippen molar-refractivity contribution in [2.24, 2.45) is 7.05 Å². The average molecular weight is 344 g/mol. The van der Waals surface area contributed by atoms with Crippen LogP contribution in [0.15, 0.2) is 18.5 Å². The quantitative estimate of drug-likeness (QED) is 0.834. The van der Waals surface area contributed by atoms with E-state index in [1.165, 1.54) is 0 Å². The van der Waals surface area contributed by atoms with Crippen molar-refractivity contribution in [1.82, 2.24) is 29.1 Å². The third-order valence-electron chi connectivity index (χ3n) is 5.14. The fourth-order valence-electron chi connectivity index (χ4n) is 3.64. The zero-order chi connectivity index (χ0) is 17.4. The molecule has 1 unspecified atom stereocenters. The third-order valence-corrected chi connectivity index (χ3v) is 5.14. The molecule has 2 aromatic rings. The summed E-state index contributed by atoms with van der Waals surface area (Å²) in [6.45, 7) is 5.09. The molecular weight excluding hydrogens is 320 g/mol. The van der Waals surface area contributed by atoms with E-state index < -0.39 is 6.10 Å². The van der Waals surface area contributed by atoms with Crippen LogP contribution in [0.3, 0.4) is 0 Å². The number of hydrogen-bond donors (Lipinski definition) is 1. The summed E-state index contributed by atoms with van der Waals surface area (Å²) in [5, 5.41) is 15.1. The van der Waals surface area contributed by atoms with E-state index in [4.69, 9.17) is 0 Å². The lowest BCUT2D eigenvalue weighted by Gasteiger charge is -2.29. The van der Waals surface area contributed by atoms with E-state index in [1.54, 1.807) is 6.20 Å². The van der Waals surface area contributed by atoms with E-state index in [2.05, 4.69) is 15.0 Å². The van der Waals surface area contributed by atoms with Crippen molar-refractivity contribution in [3.05, 3.63) is 35.7 Å². The Morgan fingerprint density at radius 1 is 1.28 bits per heavy atom. The van der Waals surface area contributed by atoms with Crippen molar-refractivity contribution in [3.8, 4) is 0 Å². The van der Waals surface area contributed by atoms with Gasteiger partial charge in [0.25, 0.3) is 0 Å². The molecule has 8 heteroatoms. The molecule has 1 saturated heterocycles. The van der Waals surface area contributed by atoms with E-state index in [1.807, 2.05) is 33.5 Å². The van der Waals surface area contributed by atoms with Gasteiger partial charge in [-0.25, -0.2) is 4.98 Å². The van der Waals surface area contributed by atoms with Gasteiger partial charge in [0.1, 0.15) is 5.82 Å². The Bertz CT molecular complexity index is 767. The smallest absolute Gasteiger partial charge is 0.222 e. The Morgan fingerprint density at radius 3 is 2.88 bits per heavy atom. The van der Waals surface area contributed by atoms with Gasteiger partial charge >= 0.3 is 0 Å². The normalized spacial score (nSPS) is 19.4. The fourth-order valence-corrected chi connectivity index (χ4v) is 3.64. The predicted molar refractivity (Wildman–Crippen MR) is 90.6 cm³/mol. The van der Waals surface area contributed by atoms with Crippen molar-refractivity contribution in [2.45, 2.75) is 32.0 Å². The molecule has 2 aromatic heterocycles. The summed E-state index contributed by atoms with van der Waals surface area (Å²) in [6, 6.07) is 1.96. The molecule has 0 spiro atoms. The Balaban J connectivity index is 1.41. The number of aromatic nitrogens is 4. The van der Waals surface area contributed by atoms with Crippen LogP contribution in [0.25, 0.3) is 0 Å². The number of aryl methyl sites for hydroxylation is 1. The number of hydrogen-bond acceptors (Lipinski definition) is 5. The molecule has 0 aliphatic carbocycles. The van der Waals surface area contributed by atoms with Gasteiger partial charge in [0.05, 0.1) is 17.9 Å². The van der Waals surface area contributed by atoms with Gasteiger partial charge in [-0.15, -0.1) is 0 Å². The van der Waals surface area contributed by atoms with Crippen molar-refractivity contribution in [2.75, 3.05) is 26.2 Å². The number of aliphatic hydroxyl groups is 1. The van der Waals surface area contributed by atoms with Crippen LogP contribution >= 0.6 is 0 Å². The molecule has 25 heavy (non-hydrogen) atoms. The highest BCUT2D eigenvalue weighted by molar-refractivity contribution is 5.78. The van der Waals surface area contributed by atoms with E-state index in [0.717, 1.165) is 51.4 Å². The molecule has 0 aromatic carbocycles. The molecule has 4 heterocycles. The lowest BCUT2D eigenvalue weighted by atomic mass is 10.2. The lowest BCUT2D eigenvalue weighted by Crippen LogP contribution is -2.40. The van der Waals surface area contributed by atoms with Crippen molar-refractivity contribution in [1.29, 1.82) is 0 Å². The first-order chi connectivity index (χ1) is 12.1. The van der Waals surface area contributed by atoms with Gasteiger partial charge < -0.3 is 14.6 Å². The van der Waals surface area contributed by atoms with Crippen molar-refractivity contribution in [3.63, 3.8) is 0 Å². The van der Waals surface area contributed by atoms with E-state index in [9.17, 15) is 9.90 Å². The molecule has 0 saturated carbocycles. The first kappa shape index (κ1) is 16.3. The lowest BCUT2D eigenvalue weighted by molar-refractivity contribution is -0.127. The Morgan fingerprint density at radius 2 is 2.16 bits per heavy atom. The van der Waals surface area contributed by atoms with Gasteiger partial charge in [-0.2, -0.15) is 5.10 Å². The molecule has 2 aliphatic rings. The largest absolute Gasteiger partial charge is 0.379 e. The molecule has 134 valence electrons. The topological polar surface area (TPSA) is 79.4 Å². The minimum absolute atomic E-state index is 0.280. The number of imidazole rings is 1. The molecule has 4 rings (SSSR count). The number of nitrogens with zero attached hydrogens (tertiary/aromatic N) is 6. The zero-order valence-corrected chi connectivity index (χ0v) is 14.5. The van der Waals surface area contributed by atoms with Gasteiger partial charge in [-0.3, -0.25) is 14.4 Å². The summed E-state index contributed by atoms with van der Waals surface area (Å²) < 4.78 is 3.78. The second-order valence-corrected chi connectivity index (χ2v) is 6.84. The number of fused-ring (bicyclic) bond motifs is 1. The Labute approximate surface area is 146 Å². The first-order valence-corrected chi connectivity index (χ1v) is 8.84. The number of carbonyl (C=O) groups is 1. The number of rotatable bonds is 5. The van der Waals surface area contributed by atoms with E-state index in [-0.39, 0.29) is 5.91 Å². The maximum Gasteiger partial charge on any atom is 0.222 e. The van der Waals surface area contributed by atoms with Gasteiger partial charge in [-0.1, -0.05) is 0 Å². The van der Waals surface area contributed by atoms with Crippen LogP contribution in [0.4, 0.5) is 0 Å². The van der Waals surface area contributed by atoms with Crippen LogP contribution in [-0.2, 0) is 24.9 Å². The zero-order valence-electron chi connectivity index (χ0n) is 14.5. The Hall–Kier alpha value is -2.19. The molecule has 2 aliphatic heterocycles. The standard InChI is InChI=1S/C17H24N6O2/c1-20-6-4-18-17(20)16(25)14-11-13-12-21(8-10-23(13)19-14)7-9-22-5-2-3-15(22)24/h4,6,11,16,25H,2-3,5,7-10,12H2,1H3. The number of carbonyl (C=O) groups excluding carboxylic acids is 1. The highest BCUT2D eigenvalue weighted by atomic mass is 16.3. The average Bonchev–Trinajstić information content (AvgIpc) is 3.31. The van der Waals surface area contributed by atoms with Gasteiger partial charge in [0.15, 0.2) is 6.10 Å². The maximum atomic E-state index is 11.7. The van der Waals surface area contributed by atoms with Crippen molar-refractivity contribution >= 4 is 5.91 Å². The summed E-state index contributed by atoms with van der Waals surface area (Å²) in [5.74, 6) is 0.877. The second-order valence-electron chi connectivity index (χ2n) is 6.84. The SMILES string of the molecule is Cn1ccnc1C(O)c1cc2n(n1)CCN(CCN1CCCC1=O)C2. The first-order valence-electron chi connectivity index (χ1n) is 8.84. The molecular formula is C17H24N6O2. The molecule has 1 N–H and O–H groups in total. The monoisotopic (exact) mass is 344 g/mol. The van der Waals surface area contributed by atoms with Crippen LogP contribution in [0.1, 0.15) is 36.2 Å². The number of amides is 1. The Kier molecular flexibility index (Phi) is 4.30. The molecule has 0 bridgehead atoms. The summed E-state index contributed by atoms with van der Waals surface area (Å²) in [4.78, 5) is 20.2. The van der Waals surface area contributed by atoms with E-state index >= 15 is 0 Å². The molecule has 1 atom stereocenters. The number of likely N-dealkylation sites (tertiary alicyclic amines) is 1. The summed E-state index contributed by atoms with van der Waals surface area (Å²) >= 11 is 0. The van der Waals surface area contributed by atoms with Crippen LogP contribution in [-0.4, -0.2) is 66.3 Å². The third kappa shape index (κ3) is 3.19. The summed E-state index contributed by atoms with van der Waals surface area (Å²) in [6.07, 6.45) is 4.36. The van der Waals surface area contributed by atoms with Crippen LogP contribution in [0.2, 0.25) is 0 Å². The maximum absolute atomic E-state index is 11.7. The van der Waals surface area contributed by atoms with Gasteiger partial charge in [0.2, 0.25) is 5.91 Å². The van der Waals surface area contributed by atoms with E-state index in [0.29, 0.717) is 17.9 Å². The second kappa shape index (κ2) is 6.61. The summed E-state index contributed by atoms with van der Waals surface area (Å²) in [7, 11) is 1.86. The molecule has 1 amide bonds. The summed E-state index contributed by atoms with van der Waals surface area (Å²) in [5.41, 5.74) is 1.74. The predicted octanol–water partition coefficient (Wildman–Crippen LogP) is 0.136. The van der Waals surface area contributed by atoms with Crippen molar-refractivity contribution < 1.29 is 9.90 Å². The number of aliphatic hydroxyl groups excluding tert-OH is 1. The van der Waals surface area contributed by atoms with Crippen LogP contribution < -0.4 is 0 Å². The minimum Gasteiger partial charge on any atom is -0.379 e. The highest BCUT2D eigenvalue weighted by Gasteiger charge is 2.25. The fraction of sp³-hybridized carbons (Fsp3) is 0.588. The molecule has 0 radical (unpaired) electrons. The van der Waals surface area contributed by atoms with Crippen LogP contribution in [0, 0.1) is 0 Å². The van der Waals surface area contributed by atoms with Gasteiger partial charge in [0, 0.05) is 58.6 Å². The van der Waals surface area contributed by atoms with Gasteiger partial charge in [-0.05, 0) is 12.5 Å². The highest BCUT2D eigenvalue weighted by Crippen LogP contribution is 2.22. The molecule has 8 nitrogen and oxygen atoms in total. The van der Waals surface area contributed by atoms with Crippen LogP contribution in [0.5, 0.6) is 0 Å². The minimum atomic E-state index is -0.811. The molecule has 1 fully saturated rings.